The van der Waals surface area contributed by atoms with Crippen LogP contribution >= 0.6 is 15.9 Å². The zero-order valence-corrected chi connectivity index (χ0v) is 9.58. The molecule has 1 aromatic rings. The molecule has 0 radical (unpaired) electrons. The zero-order chi connectivity index (χ0) is 10.8. The van der Waals surface area contributed by atoms with Gasteiger partial charge >= 0.3 is 0 Å². The summed E-state index contributed by atoms with van der Waals surface area (Å²) in [5.74, 6) is 0.808. The second kappa shape index (κ2) is 4.20. The van der Waals surface area contributed by atoms with Crippen molar-refractivity contribution >= 4 is 21.8 Å². The molecule has 0 unspecified atom stereocenters. The Balaban J connectivity index is 2.14. The Morgan fingerprint density at radius 2 is 2.27 bits per heavy atom. The van der Waals surface area contributed by atoms with Gasteiger partial charge in [-0.2, -0.15) is 0 Å². The van der Waals surface area contributed by atoms with Gasteiger partial charge < -0.3 is 15.2 Å². The fourth-order valence-corrected chi connectivity index (χ4v) is 1.70. The van der Waals surface area contributed by atoms with Crippen molar-refractivity contribution in [3.8, 4) is 5.75 Å². The second-order valence-electron chi connectivity index (χ2n) is 3.34. The van der Waals surface area contributed by atoms with Crippen LogP contribution < -0.4 is 10.5 Å². The van der Waals surface area contributed by atoms with Gasteiger partial charge in [0, 0.05) is 5.56 Å². The number of nitrogens with one attached hydrogen (secondary N) is 1. The van der Waals surface area contributed by atoms with Gasteiger partial charge in [-0.1, -0.05) is 0 Å². The van der Waals surface area contributed by atoms with Gasteiger partial charge in [0.15, 0.2) is 0 Å². The maximum atomic E-state index is 7.29. The van der Waals surface area contributed by atoms with E-state index < -0.39 is 0 Å². The Bertz CT molecular complexity index is 391. The first kappa shape index (κ1) is 10.4. The van der Waals surface area contributed by atoms with Crippen molar-refractivity contribution in [2.75, 3.05) is 13.2 Å². The molecule has 1 aliphatic rings. The molecule has 0 atom stereocenters. The molecule has 0 saturated carbocycles. The lowest BCUT2D eigenvalue weighted by Crippen LogP contribution is -2.38. The number of rotatable bonds is 3. The smallest absolute Gasteiger partial charge is 0.145 e. The van der Waals surface area contributed by atoms with E-state index in [9.17, 15) is 0 Å². The highest BCUT2D eigenvalue weighted by Crippen LogP contribution is 2.27. The summed E-state index contributed by atoms with van der Waals surface area (Å²) in [7, 11) is 0. The number of amidine groups is 1. The minimum Gasteiger partial charge on any atom is -0.484 e. The topological polar surface area (TPSA) is 68.3 Å². The van der Waals surface area contributed by atoms with Crippen molar-refractivity contribution in [3.05, 3.63) is 28.2 Å². The van der Waals surface area contributed by atoms with Crippen molar-refractivity contribution in [2.45, 2.75) is 6.10 Å². The maximum Gasteiger partial charge on any atom is 0.145 e. The molecule has 2 rings (SSSR count). The summed E-state index contributed by atoms with van der Waals surface area (Å²) in [4.78, 5) is 0. The minimum atomic E-state index is 0.0502. The molecule has 0 bridgehead atoms. The summed E-state index contributed by atoms with van der Waals surface area (Å²) in [6.07, 6.45) is 0.143. The van der Waals surface area contributed by atoms with Gasteiger partial charge in [-0.05, 0) is 34.1 Å². The molecule has 4 nitrogen and oxygen atoms in total. The number of benzene rings is 1. The molecule has 3 N–H and O–H groups in total. The molecule has 80 valence electrons. The number of hydrogen-bond donors (Lipinski definition) is 2. The van der Waals surface area contributed by atoms with E-state index in [1.54, 1.807) is 18.2 Å². The lowest BCUT2D eigenvalue weighted by molar-refractivity contribution is -0.0799. The standard InChI is InChI=1S/C10H11BrN2O2/c11-8-3-6(10(12)13)1-2-9(8)15-7-4-14-5-7/h1-3,7H,4-5H2,(H3,12,13). The van der Waals surface area contributed by atoms with Crippen molar-refractivity contribution in [2.24, 2.45) is 5.73 Å². The third-order valence-corrected chi connectivity index (χ3v) is 2.76. The summed E-state index contributed by atoms with van der Waals surface area (Å²) >= 11 is 3.38. The van der Waals surface area contributed by atoms with Gasteiger partial charge in [0.1, 0.15) is 17.7 Å². The molecule has 5 heteroatoms. The van der Waals surface area contributed by atoms with Gasteiger partial charge in [0.05, 0.1) is 17.7 Å². The van der Waals surface area contributed by atoms with Crippen molar-refractivity contribution in [1.82, 2.24) is 0 Å². The van der Waals surface area contributed by atoms with Gasteiger partial charge in [-0.3, -0.25) is 5.41 Å². The third kappa shape index (κ3) is 2.30. The molecule has 15 heavy (non-hydrogen) atoms. The van der Waals surface area contributed by atoms with E-state index in [4.69, 9.17) is 20.6 Å². The van der Waals surface area contributed by atoms with Crippen molar-refractivity contribution in [3.63, 3.8) is 0 Å². The predicted molar refractivity (Wildman–Crippen MR) is 60.4 cm³/mol. The monoisotopic (exact) mass is 270 g/mol. The largest absolute Gasteiger partial charge is 0.484 e. The van der Waals surface area contributed by atoms with E-state index >= 15 is 0 Å². The van der Waals surface area contributed by atoms with Crippen LogP contribution in [0, 0.1) is 5.41 Å². The Kier molecular flexibility index (Phi) is 2.93. The predicted octanol–water partition coefficient (Wildman–Crippen LogP) is 1.51. The zero-order valence-electron chi connectivity index (χ0n) is 8.00. The van der Waals surface area contributed by atoms with Crippen LogP contribution in [-0.2, 0) is 4.74 Å². The fraction of sp³-hybridized carbons (Fsp3) is 0.300. The molecule has 1 aliphatic heterocycles. The summed E-state index contributed by atoms with van der Waals surface area (Å²) in [5, 5.41) is 7.29. The molecular weight excluding hydrogens is 260 g/mol. The Morgan fingerprint density at radius 1 is 1.53 bits per heavy atom. The van der Waals surface area contributed by atoms with E-state index in [0.29, 0.717) is 18.8 Å². The van der Waals surface area contributed by atoms with E-state index in [0.717, 1.165) is 10.2 Å². The number of hydrogen-bond acceptors (Lipinski definition) is 3. The molecule has 1 heterocycles. The fourth-order valence-electron chi connectivity index (χ4n) is 1.23. The van der Waals surface area contributed by atoms with Gasteiger partial charge in [-0.15, -0.1) is 0 Å². The van der Waals surface area contributed by atoms with Crippen LogP contribution in [0.3, 0.4) is 0 Å². The summed E-state index contributed by atoms with van der Waals surface area (Å²) in [6.45, 7) is 1.28. The summed E-state index contributed by atoms with van der Waals surface area (Å²) in [5.41, 5.74) is 6.05. The SMILES string of the molecule is N=C(N)c1ccc(OC2COC2)c(Br)c1. The third-order valence-electron chi connectivity index (χ3n) is 2.14. The van der Waals surface area contributed by atoms with Crippen LogP contribution in [0.5, 0.6) is 5.75 Å². The summed E-state index contributed by atoms with van der Waals surface area (Å²) < 4.78 is 11.5. The van der Waals surface area contributed by atoms with Gasteiger partial charge in [0.2, 0.25) is 0 Å². The average Bonchev–Trinajstić information content (AvgIpc) is 2.12. The van der Waals surface area contributed by atoms with E-state index in [2.05, 4.69) is 15.9 Å². The van der Waals surface area contributed by atoms with Crippen LogP contribution in [0.15, 0.2) is 22.7 Å². The van der Waals surface area contributed by atoms with Crippen LogP contribution in [0.4, 0.5) is 0 Å². The number of nitrogen functional groups attached to an aromatic ring is 1. The number of halogens is 1. The average molecular weight is 271 g/mol. The van der Waals surface area contributed by atoms with Crippen LogP contribution in [-0.4, -0.2) is 25.2 Å². The number of nitrogens with two attached hydrogens (primary N) is 1. The second-order valence-corrected chi connectivity index (χ2v) is 4.19. The molecule has 1 saturated heterocycles. The van der Waals surface area contributed by atoms with Crippen LogP contribution in [0.25, 0.3) is 0 Å². The Labute approximate surface area is 96.0 Å². The molecule has 0 aliphatic carbocycles. The maximum absolute atomic E-state index is 7.29. The molecule has 0 aromatic heterocycles. The van der Waals surface area contributed by atoms with Crippen molar-refractivity contribution < 1.29 is 9.47 Å². The first-order chi connectivity index (χ1) is 7.16. The molecule has 0 spiro atoms. The van der Waals surface area contributed by atoms with Crippen molar-refractivity contribution in [1.29, 1.82) is 5.41 Å². The highest BCUT2D eigenvalue weighted by atomic mass is 79.9. The highest BCUT2D eigenvalue weighted by molar-refractivity contribution is 9.10. The van der Waals surface area contributed by atoms with Crippen LogP contribution in [0.2, 0.25) is 0 Å². The normalized spacial score (nSPS) is 15.8. The van der Waals surface area contributed by atoms with Crippen LogP contribution in [0.1, 0.15) is 5.56 Å². The molecule has 1 fully saturated rings. The van der Waals surface area contributed by atoms with E-state index in [-0.39, 0.29) is 11.9 Å². The Hall–Kier alpha value is -1.07. The molecule has 0 amide bonds. The summed E-state index contributed by atoms with van der Waals surface area (Å²) in [6, 6.07) is 5.35. The van der Waals surface area contributed by atoms with E-state index in [1.165, 1.54) is 0 Å². The lowest BCUT2D eigenvalue weighted by atomic mass is 10.2. The van der Waals surface area contributed by atoms with Gasteiger partial charge in [-0.25, -0.2) is 0 Å². The first-order valence-electron chi connectivity index (χ1n) is 4.55. The minimum absolute atomic E-state index is 0.0502. The van der Waals surface area contributed by atoms with E-state index in [1.807, 2.05) is 0 Å². The van der Waals surface area contributed by atoms with Gasteiger partial charge in [0.25, 0.3) is 0 Å². The molecule has 1 aromatic carbocycles. The quantitative estimate of drug-likeness (QED) is 0.646. The number of ether oxygens (including phenoxy) is 2. The first-order valence-corrected chi connectivity index (χ1v) is 5.34. The lowest BCUT2D eigenvalue weighted by Gasteiger charge is -2.27. The Morgan fingerprint density at radius 3 is 2.73 bits per heavy atom. The highest BCUT2D eigenvalue weighted by Gasteiger charge is 2.21. The molecular formula is C10H11BrN2O2.